The normalized spacial score (nSPS) is 22.7. The van der Waals surface area contributed by atoms with Gasteiger partial charge in [-0.3, -0.25) is 0 Å². The van der Waals surface area contributed by atoms with Crippen LogP contribution < -0.4 is 5.32 Å². The van der Waals surface area contributed by atoms with Gasteiger partial charge in [-0.15, -0.1) is 0 Å². The first-order valence-electron chi connectivity index (χ1n) is 8.21. The first-order valence-corrected chi connectivity index (χ1v) is 8.21. The Morgan fingerprint density at radius 1 is 1.42 bits per heavy atom. The minimum atomic E-state index is -0.607. The molecule has 2 N–H and O–H groups in total. The number of rotatable bonds is 5. The summed E-state index contributed by atoms with van der Waals surface area (Å²) in [6, 6.07) is 4.68. The van der Waals surface area contributed by atoms with Crippen molar-refractivity contribution in [1.29, 1.82) is 0 Å². The molecule has 0 aliphatic carbocycles. The third-order valence-electron chi connectivity index (χ3n) is 4.79. The fourth-order valence-corrected chi connectivity index (χ4v) is 3.98. The zero-order chi connectivity index (χ0) is 17.5. The molecule has 2 unspecified atom stereocenters. The number of fused-ring (bicyclic) bond motifs is 1. The van der Waals surface area contributed by atoms with E-state index in [-0.39, 0.29) is 18.3 Å². The van der Waals surface area contributed by atoms with Gasteiger partial charge >= 0.3 is 0 Å². The molecule has 0 saturated heterocycles. The lowest BCUT2D eigenvalue weighted by Gasteiger charge is -2.38. The van der Waals surface area contributed by atoms with Gasteiger partial charge in [-0.25, -0.2) is 4.39 Å². The number of aliphatic hydroxyl groups is 1. The van der Waals surface area contributed by atoms with E-state index in [1.54, 1.807) is 6.07 Å². The summed E-state index contributed by atoms with van der Waals surface area (Å²) in [4.78, 5) is 2.06. The molecule has 0 amide bonds. The molecule has 3 rings (SSSR count). The van der Waals surface area contributed by atoms with Crippen LogP contribution in [0.4, 0.5) is 10.1 Å². The standard InChI is InChI=1S/C18H24FN3O2/c1-5-16-17(11(2)21-24-16)18(10-22(3)4)14(9-23)13-8-12(19)6-7-15(13)20-18/h6-8,14,20,23H,5,9-10H2,1-4H3. The summed E-state index contributed by atoms with van der Waals surface area (Å²) < 4.78 is 19.3. The van der Waals surface area contributed by atoms with E-state index in [2.05, 4.69) is 15.4 Å². The molecular weight excluding hydrogens is 309 g/mol. The number of nitrogens with one attached hydrogen (secondary N) is 1. The van der Waals surface area contributed by atoms with Crippen LogP contribution in [0.15, 0.2) is 22.7 Å². The summed E-state index contributed by atoms with van der Waals surface area (Å²) in [6.45, 7) is 4.46. The van der Waals surface area contributed by atoms with Crippen LogP contribution in [0.3, 0.4) is 0 Å². The Bertz CT molecular complexity index is 744. The Morgan fingerprint density at radius 3 is 2.79 bits per heavy atom. The van der Waals surface area contributed by atoms with E-state index < -0.39 is 5.54 Å². The molecule has 2 atom stereocenters. The van der Waals surface area contributed by atoms with Crippen molar-refractivity contribution in [2.24, 2.45) is 0 Å². The molecule has 0 spiro atoms. The third-order valence-corrected chi connectivity index (χ3v) is 4.79. The van der Waals surface area contributed by atoms with Gasteiger partial charge in [0.1, 0.15) is 11.6 Å². The van der Waals surface area contributed by atoms with E-state index >= 15 is 0 Å². The van der Waals surface area contributed by atoms with Crippen LogP contribution in [0.1, 0.15) is 35.4 Å². The molecule has 0 bridgehead atoms. The molecule has 130 valence electrons. The highest BCUT2D eigenvalue weighted by Crippen LogP contribution is 2.50. The van der Waals surface area contributed by atoms with E-state index in [4.69, 9.17) is 4.52 Å². The average molecular weight is 333 g/mol. The molecular formula is C18H24FN3O2. The van der Waals surface area contributed by atoms with Gasteiger partial charge in [0.15, 0.2) is 0 Å². The highest BCUT2D eigenvalue weighted by molar-refractivity contribution is 5.65. The lowest BCUT2D eigenvalue weighted by Crippen LogP contribution is -2.47. The molecule has 2 heterocycles. The highest BCUT2D eigenvalue weighted by Gasteiger charge is 2.50. The number of hydrogen-bond donors (Lipinski definition) is 2. The number of aliphatic hydroxyl groups excluding tert-OH is 1. The van der Waals surface area contributed by atoms with E-state index in [9.17, 15) is 9.50 Å². The molecule has 24 heavy (non-hydrogen) atoms. The summed E-state index contributed by atoms with van der Waals surface area (Å²) in [6.07, 6.45) is 0.704. The van der Waals surface area contributed by atoms with Crippen molar-refractivity contribution in [2.45, 2.75) is 31.7 Å². The number of anilines is 1. The van der Waals surface area contributed by atoms with Gasteiger partial charge in [-0.05, 0) is 44.8 Å². The Morgan fingerprint density at radius 2 is 2.17 bits per heavy atom. The molecule has 1 aliphatic rings. The van der Waals surface area contributed by atoms with Gasteiger partial charge in [-0.2, -0.15) is 0 Å². The van der Waals surface area contributed by atoms with E-state index in [1.807, 2.05) is 27.9 Å². The second-order valence-corrected chi connectivity index (χ2v) is 6.72. The monoisotopic (exact) mass is 333 g/mol. The Kier molecular flexibility index (Phi) is 4.36. The van der Waals surface area contributed by atoms with Gasteiger partial charge in [-0.1, -0.05) is 12.1 Å². The van der Waals surface area contributed by atoms with E-state index in [0.29, 0.717) is 13.0 Å². The summed E-state index contributed by atoms with van der Waals surface area (Å²) in [5, 5.41) is 17.9. The summed E-state index contributed by atoms with van der Waals surface area (Å²) in [5.74, 6) is 0.218. The van der Waals surface area contributed by atoms with Crippen LogP contribution in [0.5, 0.6) is 0 Å². The van der Waals surface area contributed by atoms with Crippen LogP contribution >= 0.6 is 0 Å². The molecule has 0 saturated carbocycles. The maximum absolute atomic E-state index is 13.8. The minimum absolute atomic E-state index is 0.0922. The predicted molar refractivity (Wildman–Crippen MR) is 90.7 cm³/mol. The maximum atomic E-state index is 13.8. The van der Waals surface area contributed by atoms with Crippen molar-refractivity contribution in [1.82, 2.24) is 10.1 Å². The average Bonchev–Trinajstić information content (AvgIpc) is 3.04. The van der Waals surface area contributed by atoms with Gasteiger partial charge < -0.3 is 19.8 Å². The Labute approximate surface area is 141 Å². The van der Waals surface area contributed by atoms with Crippen molar-refractivity contribution in [3.05, 3.63) is 46.6 Å². The van der Waals surface area contributed by atoms with Crippen molar-refractivity contribution in [3.8, 4) is 0 Å². The van der Waals surface area contributed by atoms with Gasteiger partial charge in [0.25, 0.3) is 0 Å². The van der Waals surface area contributed by atoms with Crippen LogP contribution in [0, 0.1) is 12.7 Å². The number of aryl methyl sites for hydroxylation is 2. The number of halogens is 1. The molecule has 2 aromatic rings. The molecule has 5 nitrogen and oxygen atoms in total. The van der Waals surface area contributed by atoms with E-state index in [1.165, 1.54) is 12.1 Å². The van der Waals surface area contributed by atoms with Crippen molar-refractivity contribution >= 4 is 5.69 Å². The van der Waals surface area contributed by atoms with Gasteiger partial charge in [0.2, 0.25) is 0 Å². The lowest BCUT2D eigenvalue weighted by atomic mass is 9.76. The molecule has 1 aliphatic heterocycles. The number of aromatic nitrogens is 1. The summed E-state index contributed by atoms with van der Waals surface area (Å²) >= 11 is 0. The molecule has 1 aromatic carbocycles. The first-order chi connectivity index (χ1) is 11.4. The zero-order valence-electron chi connectivity index (χ0n) is 14.6. The second-order valence-electron chi connectivity index (χ2n) is 6.72. The second kappa shape index (κ2) is 6.18. The number of likely N-dealkylation sites (N-methyl/N-ethyl adjacent to an activating group) is 1. The van der Waals surface area contributed by atoms with Crippen LogP contribution in [0.2, 0.25) is 0 Å². The lowest BCUT2D eigenvalue weighted by molar-refractivity contribution is 0.192. The predicted octanol–water partition coefficient (Wildman–Crippen LogP) is 2.64. The van der Waals surface area contributed by atoms with Gasteiger partial charge in [0, 0.05) is 30.1 Å². The largest absolute Gasteiger partial charge is 0.396 e. The SMILES string of the molecule is CCc1onc(C)c1C1(CN(C)C)Nc2ccc(F)cc2C1CO. The fraction of sp³-hybridized carbons (Fsp3) is 0.500. The van der Waals surface area contributed by atoms with Gasteiger partial charge in [0.05, 0.1) is 17.8 Å². The summed E-state index contributed by atoms with van der Waals surface area (Å²) in [7, 11) is 3.96. The maximum Gasteiger partial charge on any atom is 0.142 e. The molecule has 0 radical (unpaired) electrons. The number of benzene rings is 1. The smallest absolute Gasteiger partial charge is 0.142 e. The quantitative estimate of drug-likeness (QED) is 0.881. The Hall–Kier alpha value is -1.92. The number of nitrogens with zero attached hydrogens (tertiary/aromatic N) is 2. The fourth-order valence-electron chi connectivity index (χ4n) is 3.98. The first kappa shape index (κ1) is 16.9. The summed E-state index contributed by atoms with van der Waals surface area (Å²) in [5.41, 5.74) is 2.80. The van der Waals surface area contributed by atoms with Crippen LogP contribution in [-0.4, -0.2) is 42.4 Å². The third kappa shape index (κ3) is 2.50. The molecule has 0 fully saturated rings. The van der Waals surface area contributed by atoms with Crippen LogP contribution in [0.25, 0.3) is 0 Å². The van der Waals surface area contributed by atoms with Crippen molar-refractivity contribution < 1.29 is 14.0 Å². The number of hydrogen-bond acceptors (Lipinski definition) is 5. The molecule has 6 heteroatoms. The van der Waals surface area contributed by atoms with Crippen molar-refractivity contribution in [3.63, 3.8) is 0 Å². The topological polar surface area (TPSA) is 61.5 Å². The zero-order valence-corrected chi connectivity index (χ0v) is 14.6. The Balaban J connectivity index is 2.22. The van der Waals surface area contributed by atoms with Crippen LogP contribution in [-0.2, 0) is 12.0 Å². The highest BCUT2D eigenvalue weighted by atomic mass is 19.1. The minimum Gasteiger partial charge on any atom is -0.396 e. The van der Waals surface area contributed by atoms with E-state index in [0.717, 1.165) is 28.3 Å². The molecule has 1 aromatic heterocycles. The van der Waals surface area contributed by atoms with Crippen molar-refractivity contribution in [2.75, 3.05) is 32.6 Å².